The average Bonchev–Trinajstić information content (AvgIpc) is 3.20. The minimum atomic E-state index is -0.465. The van der Waals surface area contributed by atoms with Gasteiger partial charge in [-0.3, -0.25) is 0 Å². The molecule has 23 heavy (non-hydrogen) atoms. The first-order valence-corrected chi connectivity index (χ1v) is 8.57. The van der Waals surface area contributed by atoms with Crippen LogP contribution in [0, 0.1) is 0 Å². The molecule has 0 radical (unpaired) electrons. The molecule has 0 amide bonds. The lowest BCUT2D eigenvalue weighted by Gasteiger charge is -2.21. The molecule has 1 N–H and O–H groups in total. The number of carbonyl (C=O) groups is 1. The molecular formula is C15H20N4O3S. The van der Waals surface area contributed by atoms with Crippen molar-refractivity contribution in [2.45, 2.75) is 29.7 Å². The standard InChI is InChI=1S/C15H20N4O3S/c1-19-13(10-5-7-16-8-6-10)17-18-15(19)23-9-11-3-4-12(22-11)14(20)21-2/h3-4,10,16H,5-9H2,1-2H3. The molecule has 0 bridgehead atoms. The van der Waals surface area contributed by atoms with Crippen molar-refractivity contribution in [1.82, 2.24) is 20.1 Å². The summed E-state index contributed by atoms with van der Waals surface area (Å²) in [5.41, 5.74) is 0. The van der Waals surface area contributed by atoms with Gasteiger partial charge in [-0.1, -0.05) is 11.8 Å². The average molecular weight is 336 g/mol. The van der Waals surface area contributed by atoms with E-state index >= 15 is 0 Å². The van der Waals surface area contributed by atoms with Gasteiger partial charge >= 0.3 is 5.97 Å². The molecular weight excluding hydrogens is 316 g/mol. The van der Waals surface area contributed by atoms with Crippen LogP contribution >= 0.6 is 11.8 Å². The zero-order valence-electron chi connectivity index (χ0n) is 13.2. The van der Waals surface area contributed by atoms with Crippen LogP contribution in [0.25, 0.3) is 0 Å². The zero-order chi connectivity index (χ0) is 16.2. The summed E-state index contributed by atoms with van der Waals surface area (Å²) in [7, 11) is 3.34. The second-order valence-corrected chi connectivity index (χ2v) is 6.41. The molecule has 0 aliphatic carbocycles. The second kappa shape index (κ2) is 7.18. The molecule has 7 nitrogen and oxygen atoms in total. The van der Waals surface area contributed by atoms with E-state index < -0.39 is 5.97 Å². The molecule has 1 aliphatic rings. The fraction of sp³-hybridized carbons (Fsp3) is 0.533. The monoisotopic (exact) mass is 336 g/mol. The van der Waals surface area contributed by atoms with Crippen molar-refractivity contribution in [3.8, 4) is 0 Å². The van der Waals surface area contributed by atoms with Gasteiger partial charge in [0, 0.05) is 13.0 Å². The van der Waals surface area contributed by atoms with Crippen molar-refractivity contribution < 1.29 is 13.9 Å². The van der Waals surface area contributed by atoms with Crippen LogP contribution in [0.1, 0.15) is 40.9 Å². The number of carbonyl (C=O) groups excluding carboxylic acids is 1. The summed E-state index contributed by atoms with van der Waals surface area (Å²) in [6.07, 6.45) is 2.19. The highest BCUT2D eigenvalue weighted by Gasteiger charge is 2.22. The fourth-order valence-electron chi connectivity index (χ4n) is 2.69. The van der Waals surface area contributed by atoms with Gasteiger partial charge in [-0.25, -0.2) is 4.79 Å². The number of esters is 1. The molecule has 0 aromatic carbocycles. The van der Waals surface area contributed by atoms with Crippen molar-refractivity contribution in [2.75, 3.05) is 20.2 Å². The van der Waals surface area contributed by atoms with Gasteiger partial charge in [-0.15, -0.1) is 10.2 Å². The van der Waals surface area contributed by atoms with Crippen LogP contribution in [-0.2, 0) is 17.5 Å². The molecule has 8 heteroatoms. The topological polar surface area (TPSA) is 82.2 Å². The van der Waals surface area contributed by atoms with E-state index in [0.29, 0.717) is 17.4 Å². The lowest BCUT2D eigenvalue weighted by molar-refractivity contribution is 0.0563. The summed E-state index contributed by atoms with van der Waals surface area (Å²) in [6.45, 7) is 2.06. The first-order chi connectivity index (χ1) is 11.2. The van der Waals surface area contributed by atoms with Crippen LogP contribution in [0.3, 0.4) is 0 Å². The van der Waals surface area contributed by atoms with Crippen LogP contribution in [0.15, 0.2) is 21.7 Å². The minimum absolute atomic E-state index is 0.219. The molecule has 2 aromatic heterocycles. The molecule has 3 heterocycles. The highest BCUT2D eigenvalue weighted by Crippen LogP contribution is 2.28. The maximum absolute atomic E-state index is 11.4. The van der Waals surface area contributed by atoms with Gasteiger partial charge in [-0.05, 0) is 38.1 Å². The quantitative estimate of drug-likeness (QED) is 0.660. The fourth-order valence-corrected chi connectivity index (χ4v) is 3.50. The van der Waals surface area contributed by atoms with Crippen molar-refractivity contribution in [3.63, 3.8) is 0 Å². The number of aromatic nitrogens is 3. The first-order valence-electron chi connectivity index (χ1n) is 7.59. The molecule has 0 unspecified atom stereocenters. The van der Waals surface area contributed by atoms with Crippen LogP contribution < -0.4 is 5.32 Å². The number of furan rings is 1. The predicted octanol–water partition coefficient (Wildman–Crippen LogP) is 1.95. The molecule has 1 saturated heterocycles. The molecule has 0 saturated carbocycles. The molecule has 124 valence electrons. The molecule has 0 spiro atoms. The second-order valence-electron chi connectivity index (χ2n) is 5.47. The van der Waals surface area contributed by atoms with Gasteiger partial charge < -0.3 is 19.0 Å². The number of piperidine rings is 1. The third-order valence-electron chi connectivity index (χ3n) is 3.96. The maximum atomic E-state index is 11.4. The maximum Gasteiger partial charge on any atom is 0.373 e. The summed E-state index contributed by atoms with van der Waals surface area (Å²) < 4.78 is 12.2. The highest BCUT2D eigenvalue weighted by molar-refractivity contribution is 7.98. The van der Waals surface area contributed by atoms with Crippen molar-refractivity contribution in [1.29, 1.82) is 0 Å². The third-order valence-corrected chi connectivity index (χ3v) is 5.01. The highest BCUT2D eigenvalue weighted by atomic mass is 32.2. The predicted molar refractivity (Wildman–Crippen MR) is 85.5 cm³/mol. The first kappa shape index (κ1) is 16.1. The van der Waals surface area contributed by atoms with E-state index in [4.69, 9.17) is 4.42 Å². The van der Waals surface area contributed by atoms with Gasteiger partial charge in [-0.2, -0.15) is 0 Å². The number of ether oxygens (including phenoxy) is 1. The van der Waals surface area contributed by atoms with Gasteiger partial charge in [0.25, 0.3) is 0 Å². The Morgan fingerprint density at radius 1 is 1.43 bits per heavy atom. The van der Waals surface area contributed by atoms with Gasteiger partial charge in [0.1, 0.15) is 11.6 Å². The summed E-state index contributed by atoms with van der Waals surface area (Å²) >= 11 is 1.55. The number of methoxy groups -OCH3 is 1. The molecule has 0 atom stereocenters. The number of thioether (sulfide) groups is 1. The van der Waals surface area contributed by atoms with Crippen LogP contribution in [-0.4, -0.2) is 40.9 Å². The molecule has 1 fully saturated rings. The number of rotatable bonds is 5. The van der Waals surface area contributed by atoms with Crippen molar-refractivity contribution in [3.05, 3.63) is 29.5 Å². The smallest absolute Gasteiger partial charge is 0.373 e. The van der Waals surface area contributed by atoms with Crippen LogP contribution in [0.2, 0.25) is 0 Å². The van der Waals surface area contributed by atoms with Gasteiger partial charge in [0.05, 0.1) is 12.9 Å². The summed E-state index contributed by atoms with van der Waals surface area (Å²) in [6, 6.07) is 3.40. The van der Waals surface area contributed by atoms with E-state index in [1.165, 1.54) is 7.11 Å². The lowest BCUT2D eigenvalue weighted by atomic mass is 9.97. The summed E-state index contributed by atoms with van der Waals surface area (Å²) in [5.74, 6) is 2.57. The zero-order valence-corrected chi connectivity index (χ0v) is 14.1. The van der Waals surface area contributed by atoms with Crippen molar-refractivity contribution >= 4 is 17.7 Å². The summed E-state index contributed by atoms with van der Waals surface area (Å²) in [4.78, 5) is 11.4. The van der Waals surface area contributed by atoms with E-state index in [2.05, 4.69) is 24.8 Å². The Kier molecular flexibility index (Phi) is 5.02. The van der Waals surface area contributed by atoms with Gasteiger partial charge in [0.15, 0.2) is 5.16 Å². The van der Waals surface area contributed by atoms with Crippen LogP contribution in [0.4, 0.5) is 0 Å². The Morgan fingerprint density at radius 2 is 2.22 bits per heavy atom. The normalized spacial score (nSPS) is 15.7. The van der Waals surface area contributed by atoms with Gasteiger partial charge in [0.2, 0.25) is 5.76 Å². The number of hydrogen-bond donors (Lipinski definition) is 1. The van der Waals surface area contributed by atoms with E-state index in [0.717, 1.165) is 36.9 Å². The molecule has 3 rings (SSSR count). The summed E-state index contributed by atoms with van der Waals surface area (Å²) in [5, 5.41) is 12.9. The lowest BCUT2D eigenvalue weighted by Crippen LogP contribution is -2.27. The van der Waals surface area contributed by atoms with Crippen molar-refractivity contribution in [2.24, 2.45) is 7.05 Å². The number of nitrogens with one attached hydrogen (secondary N) is 1. The third kappa shape index (κ3) is 3.59. The Morgan fingerprint density at radius 3 is 2.96 bits per heavy atom. The molecule has 2 aromatic rings. The Labute approximate surface area is 138 Å². The Hall–Kier alpha value is -1.80. The van der Waals surface area contributed by atoms with E-state index in [9.17, 15) is 4.79 Å². The van der Waals surface area contributed by atoms with Crippen LogP contribution in [0.5, 0.6) is 0 Å². The molecule has 1 aliphatic heterocycles. The van der Waals surface area contributed by atoms with E-state index in [1.807, 2.05) is 7.05 Å². The SMILES string of the molecule is COC(=O)c1ccc(CSc2nnc(C3CCNCC3)n2C)o1. The number of nitrogens with zero attached hydrogens (tertiary/aromatic N) is 3. The Balaban J connectivity index is 1.63. The largest absolute Gasteiger partial charge is 0.463 e. The Bertz CT molecular complexity index is 676. The minimum Gasteiger partial charge on any atom is -0.463 e. The van der Waals surface area contributed by atoms with E-state index in [-0.39, 0.29) is 5.76 Å². The number of hydrogen-bond acceptors (Lipinski definition) is 7. The van der Waals surface area contributed by atoms with E-state index in [1.54, 1.807) is 23.9 Å².